The molecule has 1 aliphatic carbocycles. The maximum atomic E-state index is 5.27. The van der Waals surface area contributed by atoms with Crippen LogP contribution in [0.4, 0.5) is 17.1 Å². The topological polar surface area (TPSA) is 21.1 Å². The second kappa shape index (κ2) is 12.9. The summed E-state index contributed by atoms with van der Waals surface area (Å²) < 4.78 is 2.34. The maximum absolute atomic E-state index is 5.27. The summed E-state index contributed by atoms with van der Waals surface area (Å²) >= 11 is 0. The van der Waals surface area contributed by atoms with E-state index in [1.807, 2.05) is 0 Å². The number of hydrogen-bond donors (Lipinski definition) is 0. The van der Waals surface area contributed by atoms with Gasteiger partial charge in [0.1, 0.15) is 5.82 Å². The number of fused-ring (bicyclic) bond motifs is 8. The van der Waals surface area contributed by atoms with E-state index in [1.165, 1.54) is 54.9 Å². The Morgan fingerprint density at radius 1 is 0.456 bits per heavy atom. The molecule has 11 rings (SSSR count). The molecule has 1 heterocycles. The highest BCUT2D eigenvalue weighted by molar-refractivity contribution is 6.11. The van der Waals surface area contributed by atoms with Crippen LogP contribution in [0.3, 0.4) is 0 Å². The fraction of sp³-hybridized carbons (Fsp3) is 0.0556. The molecule has 0 saturated carbocycles. The molecule has 0 N–H and O–H groups in total. The predicted octanol–water partition coefficient (Wildman–Crippen LogP) is 14.4. The van der Waals surface area contributed by atoms with E-state index >= 15 is 0 Å². The average molecular weight is 730 g/mol. The highest BCUT2D eigenvalue weighted by atomic mass is 15.1. The first kappa shape index (κ1) is 33.1. The molecule has 9 aromatic carbocycles. The zero-order valence-corrected chi connectivity index (χ0v) is 31.9. The number of rotatable bonds is 6. The van der Waals surface area contributed by atoms with Gasteiger partial charge < -0.3 is 4.90 Å². The molecule has 0 fully saturated rings. The lowest BCUT2D eigenvalue weighted by Crippen LogP contribution is -2.16. The molecule has 0 aliphatic heterocycles. The van der Waals surface area contributed by atoms with Crippen molar-refractivity contribution >= 4 is 49.6 Å². The van der Waals surface area contributed by atoms with Gasteiger partial charge in [0.25, 0.3) is 0 Å². The summed E-state index contributed by atoms with van der Waals surface area (Å²) in [6, 6.07) is 72.4. The first-order chi connectivity index (χ1) is 28.0. The van der Waals surface area contributed by atoms with Crippen molar-refractivity contribution in [2.24, 2.45) is 0 Å². The Morgan fingerprint density at radius 2 is 1.05 bits per heavy atom. The van der Waals surface area contributed by atoms with Crippen LogP contribution in [0.25, 0.3) is 71.9 Å². The van der Waals surface area contributed by atoms with Gasteiger partial charge in [0.2, 0.25) is 0 Å². The van der Waals surface area contributed by atoms with Gasteiger partial charge in [-0.1, -0.05) is 159 Å². The van der Waals surface area contributed by atoms with Crippen LogP contribution in [0.1, 0.15) is 25.0 Å². The van der Waals surface area contributed by atoms with Gasteiger partial charge in [-0.15, -0.1) is 0 Å². The third kappa shape index (κ3) is 5.31. The first-order valence-corrected chi connectivity index (χ1v) is 19.7. The zero-order chi connectivity index (χ0) is 38.1. The highest BCUT2D eigenvalue weighted by Crippen LogP contribution is 2.54. The Morgan fingerprint density at radius 3 is 1.81 bits per heavy atom. The Balaban J connectivity index is 1.10. The SMILES string of the molecule is CC1(C)c2ccc(N(c3ccc(-c4ccccc4)cc3)c3ccc4ccccc4c3)cc2-c2ccc3c(ccc4nc(-c5ccccc5)n(-c5ccccc5)c43)c21. The fourth-order valence-corrected chi connectivity index (χ4v) is 9.25. The molecule has 10 aromatic rings. The van der Waals surface area contributed by atoms with Crippen LogP contribution in [0.2, 0.25) is 0 Å². The van der Waals surface area contributed by atoms with Crippen LogP contribution >= 0.6 is 0 Å². The Hall–Kier alpha value is -7.23. The number of para-hydroxylation sites is 1. The number of benzene rings is 9. The molecule has 0 saturated heterocycles. The van der Waals surface area contributed by atoms with E-state index in [1.54, 1.807) is 0 Å². The Kier molecular flexibility index (Phi) is 7.52. The number of hydrogen-bond acceptors (Lipinski definition) is 2. The minimum absolute atomic E-state index is 0.221. The molecule has 0 amide bonds. The van der Waals surface area contributed by atoms with Crippen LogP contribution in [0, 0.1) is 0 Å². The van der Waals surface area contributed by atoms with Crippen LogP contribution in [0.15, 0.2) is 200 Å². The van der Waals surface area contributed by atoms with E-state index in [-0.39, 0.29) is 5.41 Å². The smallest absolute Gasteiger partial charge is 0.145 e. The minimum Gasteiger partial charge on any atom is -0.310 e. The van der Waals surface area contributed by atoms with Crippen molar-refractivity contribution in [1.82, 2.24) is 9.55 Å². The van der Waals surface area contributed by atoms with E-state index in [4.69, 9.17) is 4.98 Å². The van der Waals surface area contributed by atoms with Gasteiger partial charge in [-0.3, -0.25) is 4.57 Å². The van der Waals surface area contributed by atoms with Crippen LogP contribution < -0.4 is 4.90 Å². The fourth-order valence-electron chi connectivity index (χ4n) is 9.25. The second-order valence-corrected chi connectivity index (χ2v) is 15.6. The molecule has 1 aromatic heterocycles. The third-order valence-corrected chi connectivity index (χ3v) is 11.9. The van der Waals surface area contributed by atoms with Crippen molar-refractivity contribution < 1.29 is 0 Å². The van der Waals surface area contributed by atoms with Crippen molar-refractivity contribution in [1.29, 1.82) is 0 Å². The predicted molar refractivity (Wildman–Crippen MR) is 239 cm³/mol. The quantitative estimate of drug-likeness (QED) is 0.170. The lowest BCUT2D eigenvalue weighted by molar-refractivity contribution is 0.666. The summed E-state index contributed by atoms with van der Waals surface area (Å²) in [5.41, 5.74) is 15.2. The summed E-state index contributed by atoms with van der Waals surface area (Å²) in [6.07, 6.45) is 0. The van der Waals surface area contributed by atoms with Crippen molar-refractivity contribution in [3.63, 3.8) is 0 Å². The second-order valence-electron chi connectivity index (χ2n) is 15.6. The summed E-state index contributed by atoms with van der Waals surface area (Å²) in [4.78, 5) is 7.67. The van der Waals surface area contributed by atoms with Gasteiger partial charge in [0.15, 0.2) is 0 Å². The molecule has 3 heteroatoms. The number of imidazole rings is 1. The molecule has 3 nitrogen and oxygen atoms in total. The summed E-state index contributed by atoms with van der Waals surface area (Å²) in [5, 5.41) is 4.93. The Labute approximate surface area is 332 Å². The molecule has 1 aliphatic rings. The largest absolute Gasteiger partial charge is 0.310 e. The van der Waals surface area contributed by atoms with E-state index in [2.05, 4.69) is 224 Å². The van der Waals surface area contributed by atoms with Gasteiger partial charge in [-0.05, 0) is 104 Å². The molecule has 0 atom stereocenters. The average Bonchev–Trinajstić information content (AvgIpc) is 3.77. The van der Waals surface area contributed by atoms with Crippen molar-refractivity contribution in [3.8, 4) is 39.3 Å². The van der Waals surface area contributed by atoms with Gasteiger partial charge >= 0.3 is 0 Å². The van der Waals surface area contributed by atoms with Gasteiger partial charge in [-0.25, -0.2) is 4.98 Å². The molecular weight excluding hydrogens is 691 g/mol. The molecule has 270 valence electrons. The van der Waals surface area contributed by atoms with E-state index < -0.39 is 0 Å². The van der Waals surface area contributed by atoms with E-state index in [0.29, 0.717) is 0 Å². The normalized spacial score (nSPS) is 12.9. The van der Waals surface area contributed by atoms with Crippen LogP contribution in [0.5, 0.6) is 0 Å². The maximum Gasteiger partial charge on any atom is 0.145 e. The van der Waals surface area contributed by atoms with Crippen molar-refractivity contribution in [2.75, 3.05) is 4.90 Å². The van der Waals surface area contributed by atoms with Crippen LogP contribution in [-0.2, 0) is 5.41 Å². The van der Waals surface area contributed by atoms with Gasteiger partial charge in [0, 0.05) is 39.1 Å². The first-order valence-electron chi connectivity index (χ1n) is 19.7. The van der Waals surface area contributed by atoms with Crippen LogP contribution in [-0.4, -0.2) is 9.55 Å². The van der Waals surface area contributed by atoms with Crippen molar-refractivity contribution in [3.05, 3.63) is 211 Å². The standard InChI is InChI=1S/C54H39N3/c1-54(2)49-32-28-44(56(43-27-24-37-16-12-13-19-40(37)34-43)42-25-22-38(23-26-42)36-14-6-3-7-15-36)35-48(49)46-29-30-47-45(51(46)54)31-33-50-52(47)57(41-20-10-5-11-21-41)53(55-50)39-17-8-4-9-18-39/h3-35H,1-2H3. The zero-order valence-electron chi connectivity index (χ0n) is 31.9. The summed E-state index contributed by atoms with van der Waals surface area (Å²) in [6.45, 7) is 4.77. The van der Waals surface area contributed by atoms with Gasteiger partial charge in [-0.2, -0.15) is 0 Å². The molecule has 57 heavy (non-hydrogen) atoms. The van der Waals surface area contributed by atoms with E-state index in [0.717, 1.165) is 45.2 Å². The number of anilines is 3. The number of nitrogens with zero attached hydrogens (tertiary/aromatic N) is 3. The third-order valence-electron chi connectivity index (χ3n) is 11.9. The molecule has 0 unspecified atom stereocenters. The molecular formula is C54H39N3. The number of aromatic nitrogens is 2. The van der Waals surface area contributed by atoms with Gasteiger partial charge in [0.05, 0.1) is 11.0 Å². The summed E-state index contributed by atoms with van der Waals surface area (Å²) in [5.74, 6) is 0.947. The molecule has 0 spiro atoms. The summed E-state index contributed by atoms with van der Waals surface area (Å²) in [7, 11) is 0. The molecule has 0 radical (unpaired) electrons. The minimum atomic E-state index is -0.221. The highest BCUT2D eigenvalue weighted by Gasteiger charge is 2.38. The van der Waals surface area contributed by atoms with E-state index in [9.17, 15) is 0 Å². The molecule has 0 bridgehead atoms. The lowest BCUT2D eigenvalue weighted by atomic mass is 9.80. The Bertz CT molecular complexity index is 3130. The van der Waals surface area contributed by atoms with Crippen molar-refractivity contribution in [2.45, 2.75) is 19.3 Å². The lowest BCUT2D eigenvalue weighted by Gasteiger charge is -2.27. The monoisotopic (exact) mass is 729 g/mol.